The summed E-state index contributed by atoms with van der Waals surface area (Å²) in [5.41, 5.74) is 0.889. The molecule has 1 aromatic heterocycles. The average molecular weight is 600 g/mol. The molecule has 3 atom stereocenters. The number of aryl methyl sites for hydroxylation is 1. The fourth-order valence-corrected chi connectivity index (χ4v) is 6.09. The fourth-order valence-electron chi connectivity index (χ4n) is 5.97. The molecule has 9 nitrogen and oxygen atoms in total. The van der Waals surface area contributed by atoms with E-state index < -0.39 is 29.6 Å². The molecule has 2 saturated heterocycles. The number of ether oxygens (including phenoxy) is 1. The van der Waals surface area contributed by atoms with Gasteiger partial charge >= 0.3 is 6.09 Å². The van der Waals surface area contributed by atoms with Gasteiger partial charge in [-0.05, 0) is 48.2 Å². The Kier molecular flexibility index (Phi) is 8.77. The Morgan fingerprint density at radius 2 is 1.76 bits per heavy atom. The maximum absolute atomic E-state index is 15.0. The summed E-state index contributed by atoms with van der Waals surface area (Å²) in [7, 11) is 2.86. The maximum atomic E-state index is 15.0. The molecule has 0 radical (unpaired) electrons. The van der Waals surface area contributed by atoms with E-state index in [0.29, 0.717) is 30.2 Å². The third-order valence-corrected chi connectivity index (χ3v) is 8.39. The topological polar surface area (TPSA) is 88.0 Å². The zero-order chi connectivity index (χ0) is 30.0. The second-order valence-corrected chi connectivity index (χ2v) is 11.1. The van der Waals surface area contributed by atoms with Gasteiger partial charge in [0.1, 0.15) is 17.5 Å². The van der Waals surface area contributed by atoms with E-state index in [2.05, 4.69) is 5.10 Å². The predicted molar refractivity (Wildman–Crippen MR) is 153 cm³/mol. The van der Waals surface area contributed by atoms with Crippen molar-refractivity contribution in [3.63, 3.8) is 0 Å². The lowest BCUT2D eigenvalue weighted by Crippen LogP contribution is -2.47. The molecule has 0 unspecified atom stereocenters. The first-order chi connectivity index (χ1) is 20.2. The zero-order valence-electron chi connectivity index (χ0n) is 23.4. The van der Waals surface area contributed by atoms with Crippen molar-refractivity contribution in [1.29, 1.82) is 0 Å². The molecule has 0 spiro atoms. The monoisotopic (exact) mass is 599 g/mol. The minimum Gasteiger partial charge on any atom is -0.453 e. The van der Waals surface area contributed by atoms with Gasteiger partial charge in [-0.1, -0.05) is 29.8 Å². The van der Waals surface area contributed by atoms with Gasteiger partial charge in [-0.3, -0.25) is 14.5 Å². The van der Waals surface area contributed by atoms with Crippen molar-refractivity contribution in [2.45, 2.75) is 24.8 Å². The van der Waals surface area contributed by atoms with Crippen LogP contribution in [0.4, 0.5) is 19.4 Å². The molecule has 2 aromatic carbocycles. The van der Waals surface area contributed by atoms with Crippen LogP contribution in [0.2, 0.25) is 5.02 Å². The summed E-state index contributed by atoms with van der Waals surface area (Å²) in [4.78, 5) is 44.1. The number of amides is 2. The van der Waals surface area contributed by atoms with E-state index in [-0.39, 0.29) is 49.3 Å². The van der Waals surface area contributed by atoms with Gasteiger partial charge < -0.3 is 14.5 Å². The van der Waals surface area contributed by atoms with Gasteiger partial charge in [-0.25, -0.2) is 18.3 Å². The summed E-state index contributed by atoms with van der Waals surface area (Å²) in [6, 6.07) is 13.4. The first-order valence-electron chi connectivity index (χ1n) is 13.8. The van der Waals surface area contributed by atoms with E-state index in [0.717, 1.165) is 11.6 Å². The van der Waals surface area contributed by atoms with Crippen LogP contribution >= 0.6 is 11.6 Å². The van der Waals surface area contributed by atoms with Crippen molar-refractivity contribution in [1.82, 2.24) is 19.6 Å². The normalized spacial score (nSPS) is 21.2. The van der Waals surface area contributed by atoms with Crippen molar-refractivity contribution in [2.75, 3.05) is 44.7 Å². The van der Waals surface area contributed by atoms with Gasteiger partial charge in [-0.15, -0.1) is 0 Å². The molecule has 222 valence electrons. The van der Waals surface area contributed by atoms with Gasteiger partial charge in [0.25, 0.3) is 5.56 Å². The van der Waals surface area contributed by atoms with Crippen molar-refractivity contribution >= 4 is 29.4 Å². The highest BCUT2D eigenvalue weighted by Crippen LogP contribution is 2.38. The Labute approximate surface area is 247 Å². The van der Waals surface area contributed by atoms with Crippen LogP contribution in [0.5, 0.6) is 0 Å². The molecule has 0 saturated carbocycles. The van der Waals surface area contributed by atoms with E-state index in [4.69, 9.17) is 16.3 Å². The first-order valence-corrected chi connectivity index (χ1v) is 14.2. The van der Waals surface area contributed by atoms with E-state index in [1.165, 1.54) is 37.0 Å². The van der Waals surface area contributed by atoms with Gasteiger partial charge in [-0.2, -0.15) is 5.10 Å². The fraction of sp³-hybridized carbons (Fsp3) is 0.400. The van der Waals surface area contributed by atoms with Crippen LogP contribution in [0, 0.1) is 17.6 Å². The number of nitrogens with zero attached hydrogens (tertiary/aromatic N) is 5. The Hall–Kier alpha value is -3.99. The molecule has 2 aliphatic rings. The van der Waals surface area contributed by atoms with Crippen molar-refractivity contribution < 1.29 is 23.1 Å². The molecule has 2 amide bonds. The summed E-state index contributed by atoms with van der Waals surface area (Å²) >= 11 is 6.07. The lowest BCUT2D eigenvalue weighted by molar-refractivity contribution is -0.136. The molecular weight excluding hydrogens is 568 g/mol. The van der Waals surface area contributed by atoms with E-state index in [1.54, 1.807) is 28.0 Å². The quantitative estimate of drug-likeness (QED) is 0.443. The molecule has 3 heterocycles. The molecule has 3 aromatic rings. The molecule has 5 rings (SSSR count). The van der Waals surface area contributed by atoms with Crippen LogP contribution in [-0.4, -0.2) is 71.4 Å². The number of benzene rings is 2. The third kappa shape index (κ3) is 6.11. The SMILES string of the molecule is COC(=O)N1CCN(C(=O)[C@@H]2CN(c3ccc(=O)n(C)n3)C[C@H]2c2ccc(F)cc2F)CCC[C@H]1c1ccc(Cl)cc1. The van der Waals surface area contributed by atoms with Crippen LogP contribution in [0.15, 0.2) is 59.4 Å². The number of aromatic nitrogens is 2. The van der Waals surface area contributed by atoms with Crippen LogP contribution in [0.3, 0.4) is 0 Å². The summed E-state index contributed by atoms with van der Waals surface area (Å²) in [6.07, 6.45) is 0.708. The number of anilines is 1. The average Bonchev–Trinajstić information content (AvgIpc) is 3.40. The molecule has 0 bridgehead atoms. The minimum atomic E-state index is -0.719. The number of hydrogen-bond acceptors (Lipinski definition) is 6. The van der Waals surface area contributed by atoms with Gasteiger partial charge in [0.05, 0.1) is 19.1 Å². The molecule has 42 heavy (non-hydrogen) atoms. The first kappa shape index (κ1) is 29.5. The van der Waals surface area contributed by atoms with Crippen LogP contribution in [0.1, 0.15) is 35.9 Å². The van der Waals surface area contributed by atoms with Gasteiger partial charge in [0, 0.05) is 62.8 Å². The van der Waals surface area contributed by atoms with E-state index >= 15 is 4.39 Å². The van der Waals surface area contributed by atoms with E-state index in [1.807, 2.05) is 17.0 Å². The van der Waals surface area contributed by atoms with Gasteiger partial charge in [0.15, 0.2) is 0 Å². The number of methoxy groups -OCH3 is 1. The number of carbonyl (C=O) groups excluding carboxylic acids is 2. The molecule has 2 fully saturated rings. The van der Waals surface area contributed by atoms with Crippen LogP contribution in [0.25, 0.3) is 0 Å². The summed E-state index contributed by atoms with van der Waals surface area (Å²) in [5, 5.41) is 4.91. The Balaban J connectivity index is 1.41. The number of halogens is 3. The summed E-state index contributed by atoms with van der Waals surface area (Å²) < 4.78 is 35.1. The second-order valence-electron chi connectivity index (χ2n) is 10.6. The van der Waals surface area contributed by atoms with Crippen molar-refractivity contribution in [3.8, 4) is 0 Å². The Morgan fingerprint density at radius 3 is 2.45 bits per heavy atom. The molecule has 2 aliphatic heterocycles. The number of rotatable bonds is 4. The lowest BCUT2D eigenvalue weighted by Gasteiger charge is -2.37. The lowest BCUT2D eigenvalue weighted by atomic mass is 9.87. The van der Waals surface area contributed by atoms with E-state index in [9.17, 15) is 18.8 Å². The molecule has 0 N–H and O–H groups in total. The largest absolute Gasteiger partial charge is 0.453 e. The zero-order valence-corrected chi connectivity index (χ0v) is 24.1. The molecule has 12 heteroatoms. The van der Waals surface area contributed by atoms with Crippen molar-refractivity contribution in [2.24, 2.45) is 13.0 Å². The maximum Gasteiger partial charge on any atom is 0.410 e. The molecular formula is C30H32ClF2N5O4. The minimum absolute atomic E-state index is 0.189. The van der Waals surface area contributed by atoms with Crippen LogP contribution < -0.4 is 10.5 Å². The smallest absolute Gasteiger partial charge is 0.410 e. The number of carbonyl (C=O) groups is 2. The predicted octanol–water partition coefficient (Wildman–Crippen LogP) is 4.36. The molecule has 0 aliphatic carbocycles. The third-order valence-electron chi connectivity index (χ3n) is 8.14. The number of hydrogen-bond donors (Lipinski definition) is 0. The standard InChI is InChI=1S/C30H32ClF2N5O4/c1-35-28(39)12-11-27(34-35)37-17-23(22-10-9-21(32)16-25(22)33)24(18-37)29(40)36-13-3-4-26(19-5-7-20(31)8-6-19)38(15-14-36)30(41)42-2/h5-12,16,23-24,26H,3-4,13-15,17-18H2,1-2H3/t23-,24+,26-/m0/s1. The highest BCUT2D eigenvalue weighted by molar-refractivity contribution is 6.30. The van der Waals surface area contributed by atoms with Gasteiger partial charge in [0.2, 0.25) is 5.91 Å². The highest BCUT2D eigenvalue weighted by atomic mass is 35.5. The van der Waals surface area contributed by atoms with Crippen molar-refractivity contribution in [3.05, 3.63) is 92.7 Å². The Bertz CT molecular complexity index is 1520. The second kappa shape index (κ2) is 12.5. The highest BCUT2D eigenvalue weighted by Gasteiger charge is 2.42. The summed E-state index contributed by atoms with van der Waals surface area (Å²) in [6.45, 7) is 1.43. The van der Waals surface area contributed by atoms with Crippen LogP contribution in [-0.2, 0) is 16.6 Å². The Morgan fingerprint density at radius 1 is 1.00 bits per heavy atom. The summed E-state index contributed by atoms with van der Waals surface area (Å²) in [5.74, 6) is -2.37.